The Kier molecular flexibility index (Phi) is 5.75. The van der Waals surface area contributed by atoms with Crippen LogP contribution >= 0.6 is 0 Å². The van der Waals surface area contributed by atoms with Gasteiger partial charge in [0, 0.05) is 30.7 Å². The fourth-order valence-corrected chi connectivity index (χ4v) is 3.36. The third kappa shape index (κ3) is 5.10. The highest BCUT2D eigenvalue weighted by Gasteiger charge is 2.31. The van der Waals surface area contributed by atoms with Crippen LogP contribution in [0.5, 0.6) is 5.75 Å². The van der Waals surface area contributed by atoms with Crippen molar-refractivity contribution in [3.8, 4) is 22.7 Å². The van der Waals surface area contributed by atoms with E-state index in [2.05, 4.69) is 20.5 Å². The monoisotopic (exact) mass is 466 g/mol. The number of aromatic nitrogens is 2. The molecule has 1 aliphatic heterocycles. The van der Waals surface area contributed by atoms with Crippen LogP contribution < -0.4 is 15.4 Å². The summed E-state index contributed by atoms with van der Waals surface area (Å²) in [5.74, 6) is -3.82. The SMILES string of the molecule is O=C1C[C@@H](C(=O)Nc2cc(-c3cccc(OC(F)(F)F)c3)n(-c3ccc(F)cc3F)n2)CN1. The van der Waals surface area contributed by atoms with Gasteiger partial charge in [0.2, 0.25) is 11.8 Å². The van der Waals surface area contributed by atoms with Gasteiger partial charge in [0.25, 0.3) is 0 Å². The fourth-order valence-electron chi connectivity index (χ4n) is 3.36. The van der Waals surface area contributed by atoms with Gasteiger partial charge in [-0.15, -0.1) is 18.3 Å². The number of alkyl halides is 3. The molecule has 1 fully saturated rings. The van der Waals surface area contributed by atoms with Gasteiger partial charge in [-0.3, -0.25) is 9.59 Å². The van der Waals surface area contributed by atoms with E-state index in [-0.39, 0.29) is 41.6 Å². The first kappa shape index (κ1) is 22.2. The third-order valence-electron chi connectivity index (χ3n) is 4.81. The van der Waals surface area contributed by atoms with E-state index in [4.69, 9.17) is 0 Å². The van der Waals surface area contributed by atoms with Crippen LogP contribution in [0.15, 0.2) is 48.5 Å². The number of amides is 2. The molecule has 0 unspecified atom stereocenters. The average Bonchev–Trinajstić information content (AvgIpc) is 3.33. The molecule has 0 radical (unpaired) electrons. The van der Waals surface area contributed by atoms with Crippen LogP contribution in [0.25, 0.3) is 16.9 Å². The Morgan fingerprint density at radius 1 is 1.15 bits per heavy atom. The number of nitrogens with zero attached hydrogens (tertiary/aromatic N) is 2. The summed E-state index contributed by atoms with van der Waals surface area (Å²) in [6, 6.07) is 8.90. The van der Waals surface area contributed by atoms with Crippen LogP contribution in [0.4, 0.5) is 27.8 Å². The summed E-state index contributed by atoms with van der Waals surface area (Å²) >= 11 is 0. The first-order valence-corrected chi connectivity index (χ1v) is 9.58. The number of halogens is 5. The van der Waals surface area contributed by atoms with E-state index < -0.39 is 35.6 Å². The van der Waals surface area contributed by atoms with Gasteiger partial charge in [0.15, 0.2) is 11.6 Å². The second kappa shape index (κ2) is 8.52. The average molecular weight is 466 g/mol. The second-order valence-electron chi connectivity index (χ2n) is 7.19. The van der Waals surface area contributed by atoms with Crippen LogP contribution in [0.2, 0.25) is 0 Å². The molecule has 1 aliphatic rings. The zero-order valence-corrected chi connectivity index (χ0v) is 16.6. The Labute approximate surface area is 183 Å². The standard InChI is InChI=1S/C21H15F5N4O3/c22-13-4-5-16(15(23)8-13)30-17(11-2-1-3-14(6-11)33-21(24,25)26)9-18(29-30)28-20(32)12-7-19(31)27-10-12/h1-6,8-9,12H,7,10H2,(H,27,31)(H,28,29,32)/t12-/m1/s1. The number of benzene rings is 2. The first-order chi connectivity index (χ1) is 15.6. The molecule has 172 valence electrons. The van der Waals surface area contributed by atoms with Gasteiger partial charge in [-0.25, -0.2) is 13.5 Å². The summed E-state index contributed by atoms with van der Waals surface area (Å²) in [4.78, 5) is 23.8. The lowest BCUT2D eigenvalue weighted by Crippen LogP contribution is -2.24. The Morgan fingerprint density at radius 3 is 2.61 bits per heavy atom. The molecule has 2 heterocycles. The predicted molar refractivity (Wildman–Crippen MR) is 105 cm³/mol. The number of rotatable bonds is 5. The number of anilines is 1. The van der Waals surface area contributed by atoms with Gasteiger partial charge in [-0.1, -0.05) is 12.1 Å². The van der Waals surface area contributed by atoms with Crippen molar-refractivity contribution >= 4 is 17.6 Å². The van der Waals surface area contributed by atoms with E-state index in [1.165, 1.54) is 18.2 Å². The van der Waals surface area contributed by atoms with Crippen LogP contribution in [0, 0.1) is 17.6 Å². The van der Waals surface area contributed by atoms with Gasteiger partial charge in [0.05, 0.1) is 11.6 Å². The molecule has 2 amide bonds. The maximum atomic E-state index is 14.5. The van der Waals surface area contributed by atoms with Crippen molar-refractivity contribution in [3.63, 3.8) is 0 Å². The minimum Gasteiger partial charge on any atom is -0.406 e. The highest BCUT2D eigenvalue weighted by molar-refractivity contribution is 5.97. The maximum Gasteiger partial charge on any atom is 0.573 e. The molecule has 2 aromatic carbocycles. The second-order valence-corrected chi connectivity index (χ2v) is 7.19. The Balaban J connectivity index is 1.74. The third-order valence-corrected chi connectivity index (χ3v) is 4.81. The lowest BCUT2D eigenvalue weighted by Gasteiger charge is -2.11. The first-order valence-electron chi connectivity index (χ1n) is 9.58. The van der Waals surface area contributed by atoms with Crippen LogP contribution in [-0.2, 0) is 9.59 Å². The number of ether oxygens (including phenoxy) is 1. The zero-order chi connectivity index (χ0) is 23.8. The number of nitrogens with one attached hydrogen (secondary N) is 2. The van der Waals surface area contributed by atoms with Crippen molar-refractivity contribution in [3.05, 3.63) is 60.2 Å². The molecule has 12 heteroatoms. The molecule has 0 saturated carbocycles. The molecule has 0 aliphatic carbocycles. The topological polar surface area (TPSA) is 85.2 Å². The smallest absolute Gasteiger partial charge is 0.406 e. The van der Waals surface area contributed by atoms with E-state index in [1.54, 1.807) is 0 Å². The summed E-state index contributed by atoms with van der Waals surface area (Å²) in [5, 5.41) is 9.18. The number of carbonyl (C=O) groups excluding carboxylic acids is 2. The van der Waals surface area contributed by atoms with E-state index in [0.29, 0.717) is 6.07 Å². The van der Waals surface area contributed by atoms with Gasteiger partial charge < -0.3 is 15.4 Å². The van der Waals surface area contributed by atoms with Crippen molar-refractivity contribution < 1.29 is 36.3 Å². The molecule has 1 atom stereocenters. The van der Waals surface area contributed by atoms with Crippen molar-refractivity contribution in [2.24, 2.45) is 5.92 Å². The van der Waals surface area contributed by atoms with Gasteiger partial charge in [-0.2, -0.15) is 0 Å². The number of hydrogen-bond donors (Lipinski definition) is 2. The Bertz CT molecular complexity index is 1220. The summed E-state index contributed by atoms with van der Waals surface area (Å²) in [5.41, 5.74) is 0.0574. The van der Waals surface area contributed by atoms with Crippen molar-refractivity contribution in [2.75, 3.05) is 11.9 Å². The van der Waals surface area contributed by atoms with Gasteiger partial charge in [-0.05, 0) is 24.3 Å². The lowest BCUT2D eigenvalue weighted by molar-refractivity contribution is -0.274. The minimum atomic E-state index is -4.92. The zero-order valence-electron chi connectivity index (χ0n) is 16.6. The summed E-state index contributed by atoms with van der Waals surface area (Å²) in [7, 11) is 0. The molecule has 1 saturated heterocycles. The van der Waals surface area contributed by atoms with Crippen molar-refractivity contribution in [1.82, 2.24) is 15.1 Å². The van der Waals surface area contributed by atoms with Crippen LogP contribution in [0.3, 0.4) is 0 Å². The Hall–Kier alpha value is -3.96. The number of hydrogen-bond acceptors (Lipinski definition) is 4. The maximum absolute atomic E-state index is 14.5. The largest absolute Gasteiger partial charge is 0.573 e. The minimum absolute atomic E-state index is 0.0111. The molecule has 1 aromatic heterocycles. The fraction of sp³-hybridized carbons (Fsp3) is 0.190. The van der Waals surface area contributed by atoms with Crippen LogP contribution in [0.1, 0.15) is 6.42 Å². The molecule has 7 nitrogen and oxygen atoms in total. The van der Waals surface area contributed by atoms with E-state index >= 15 is 0 Å². The van der Waals surface area contributed by atoms with E-state index in [9.17, 15) is 31.5 Å². The lowest BCUT2D eigenvalue weighted by atomic mass is 10.1. The summed E-state index contributed by atoms with van der Waals surface area (Å²) < 4.78 is 70.7. The molecular formula is C21H15F5N4O3. The normalized spacial score (nSPS) is 15.9. The van der Waals surface area contributed by atoms with Crippen LogP contribution in [-0.4, -0.2) is 34.5 Å². The molecule has 33 heavy (non-hydrogen) atoms. The quantitative estimate of drug-likeness (QED) is 0.561. The molecule has 4 rings (SSSR count). The highest BCUT2D eigenvalue weighted by Crippen LogP contribution is 2.32. The van der Waals surface area contributed by atoms with E-state index in [1.807, 2.05) is 0 Å². The molecule has 3 aromatic rings. The van der Waals surface area contributed by atoms with Crippen molar-refractivity contribution in [2.45, 2.75) is 12.8 Å². The molecule has 2 N–H and O–H groups in total. The summed E-state index contributed by atoms with van der Waals surface area (Å²) in [6.07, 6.45) is -4.93. The molecular weight excluding hydrogens is 451 g/mol. The predicted octanol–water partition coefficient (Wildman–Crippen LogP) is 3.79. The van der Waals surface area contributed by atoms with Gasteiger partial charge in [0.1, 0.15) is 17.3 Å². The van der Waals surface area contributed by atoms with Gasteiger partial charge >= 0.3 is 6.36 Å². The molecule has 0 bridgehead atoms. The highest BCUT2D eigenvalue weighted by atomic mass is 19.4. The van der Waals surface area contributed by atoms with Crippen molar-refractivity contribution in [1.29, 1.82) is 0 Å². The molecule has 0 spiro atoms. The summed E-state index contributed by atoms with van der Waals surface area (Å²) in [6.45, 7) is 0.141. The Morgan fingerprint density at radius 2 is 1.94 bits per heavy atom. The van der Waals surface area contributed by atoms with E-state index in [0.717, 1.165) is 28.9 Å². The number of carbonyl (C=O) groups is 2.